The zero-order valence-corrected chi connectivity index (χ0v) is 8.20. The van der Waals surface area contributed by atoms with Crippen LogP contribution in [0.5, 0.6) is 0 Å². The van der Waals surface area contributed by atoms with Gasteiger partial charge in [-0.15, -0.1) is 0 Å². The summed E-state index contributed by atoms with van der Waals surface area (Å²) in [5.74, 6) is 0. The van der Waals surface area contributed by atoms with E-state index in [1.165, 1.54) is 13.8 Å². The maximum atomic E-state index is 12.4. The second-order valence-corrected chi connectivity index (χ2v) is 3.27. The predicted octanol–water partition coefficient (Wildman–Crippen LogP) is 3.78. The van der Waals surface area contributed by atoms with Gasteiger partial charge in [0, 0.05) is 0 Å². The van der Waals surface area contributed by atoms with Crippen molar-refractivity contribution in [2.45, 2.75) is 26.9 Å². The quantitative estimate of drug-likeness (QED) is 0.569. The smallest absolute Gasteiger partial charge is 0.269 e. The Labute approximate surface area is 80.1 Å². The molecule has 0 amide bonds. The Kier molecular flexibility index (Phi) is 3.68. The van der Waals surface area contributed by atoms with Crippen molar-refractivity contribution in [2.24, 2.45) is 0 Å². The number of hydrogen-bond donors (Lipinski definition) is 0. The highest BCUT2D eigenvalue weighted by molar-refractivity contribution is 5.39. The maximum absolute atomic E-state index is 12.4. The molecule has 0 N–H and O–H groups in total. The predicted molar refractivity (Wildman–Crippen MR) is 48.2 cm³/mol. The molecular weight excluding hydrogens is 196 g/mol. The molecule has 80 valence electrons. The van der Waals surface area contributed by atoms with Crippen molar-refractivity contribution >= 4 is 0 Å². The largest absolute Gasteiger partial charge is 0.416 e. The zero-order chi connectivity index (χ0) is 10.2. The third kappa shape index (κ3) is 2.47. The lowest BCUT2D eigenvalue weighted by molar-refractivity contribution is -0.138. The highest BCUT2D eigenvalue weighted by atomic mass is 19.4. The van der Waals surface area contributed by atoms with Gasteiger partial charge in [-0.3, -0.25) is 4.70 Å². The molecule has 1 aromatic carbocycles. The molecule has 0 aliphatic rings. The minimum Gasteiger partial charge on any atom is -0.269 e. The summed E-state index contributed by atoms with van der Waals surface area (Å²) in [7, 11) is 0. The van der Waals surface area contributed by atoms with E-state index in [0.717, 1.165) is 5.56 Å². The van der Waals surface area contributed by atoms with Crippen molar-refractivity contribution in [2.75, 3.05) is 0 Å². The summed E-state index contributed by atoms with van der Waals surface area (Å²) in [6, 6.07) is 3.10. The minimum atomic E-state index is -4.23. The first-order chi connectivity index (χ1) is 5.82. The van der Waals surface area contributed by atoms with E-state index in [4.69, 9.17) is 0 Å². The molecule has 0 unspecified atom stereocenters. The molecule has 0 aliphatic heterocycles. The van der Waals surface area contributed by atoms with Crippen molar-refractivity contribution in [1.82, 2.24) is 0 Å². The lowest BCUT2D eigenvalue weighted by atomic mass is 10.00. The summed E-state index contributed by atoms with van der Waals surface area (Å²) in [4.78, 5) is 0. The van der Waals surface area contributed by atoms with E-state index in [2.05, 4.69) is 0 Å². The number of hydrogen-bond acceptors (Lipinski definition) is 0. The average Bonchev–Trinajstić information content (AvgIpc) is 1.78. The van der Waals surface area contributed by atoms with Crippen LogP contribution in [-0.4, -0.2) is 0 Å². The minimum absolute atomic E-state index is 0. The number of rotatable bonds is 0. The standard InChI is InChI=1S/C10H11F3.FH/c1-6-4-7(2)9(8(3)5-6)10(11,12)13;/h4-5H,1-3H3;1H. The Hall–Kier alpha value is -1.06. The SMILES string of the molecule is Cc1cc(C)c(C(F)(F)F)c(C)c1.F. The molecule has 0 radical (unpaired) electrons. The maximum Gasteiger partial charge on any atom is 0.416 e. The van der Waals surface area contributed by atoms with Crippen molar-refractivity contribution in [3.63, 3.8) is 0 Å². The van der Waals surface area contributed by atoms with Crippen LogP contribution in [0.4, 0.5) is 17.9 Å². The van der Waals surface area contributed by atoms with Gasteiger partial charge in [0.15, 0.2) is 0 Å². The van der Waals surface area contributed by atoms with Gasteiger partial charge in [-0.2, -0.15) is 13.2 Å². The van der Waals surface area contributed by atoms with Gasteiger partial charge in [-0.05, 0) is 31.9 Å². The van der Waals surface area contributed by atoms with E-state index >= 15 is 0 Å². The first-order valence-corrected chi connectivity index (χ1v) is 3.97. The summed E-state index contributed by atoms with van der Waals surface area (Å²) in [6.45, 7) is 4.77. The van der Waals surface area contributed by atoms with Crippen LogP contribution in [0.15, 0.2) is 12.1 Å². The Morgan fingerprint density at radius 2 is 1.29 bits per heavy atom. The summed E-state index contributed by atoms with van der Waals surface area (Å²) in [5.41, 5.74) is 0.955. The van der Waals surface area contributed by atoms with Crippen molar-refractivity contribution in [3.8, 4) is 0 Å². The Balaban J connectivity index is 0.00000169. The average molecular weight is 208 g/mol. The van der Waals surface area contributed by atoms with Crippen LogP contribution in [-0.2, 0) is 6.18 Å². The van der Waals surface area contributed by atoms with E-state index < -0.39 is 11.7 Å². The molecule has 0 aliphatic carbocycles. The van der Waals surface area contributed by atoms with Crippen LogP contribution in [0.2, 0.25) is 0 Å². The second-order valence-electron chi connectivity index (χ2n) is 3.27. The monoisotopic (exact) mass is 208 g/mol. The van der Waals surface area contributed by atoms with E-state index in [9.17, 15) is 13.2 Å². The zero-order valence-electron chi connectivity index (χ0n) is 8.20. The van der Waals surface area contributed by atoms with Gasteiger partial charge in [-0.1, -0.05) is 17.7 Å². The van der Waals surface area contributed by atoms with E-state index in [1.807, 2.05) is 0 Å². The number of aryl methyl sites for hydroxylation is 3. The number of benzene rings is 1. The molecule has 1 aromatic rings. The fourth-order valence-corrected chi connectivity index (χ4v) is 1.63. The summed E-state index contributed by atoms with van der Waals surface area (Å²) in [5, 5.41) is 0. The summed E-state index contributed by atoms with van der Waals surface area (Å²) in [6.07, 6.45) is -4.23. The van der Waals surface area contributed by atoms with Gasteiger partial charge in [0.25, 0.3) is 0 Å². The van der Waals surface area contributed by atoms with E-state index in [-0.39, 0.29) is 4.70 Å². The number of halogens is 4. The van der Waals surface area contributed by atoms with Gasteiger partial charge in [0.05, 0.1) is 5.56 Å². The molecule has 4 heteroatoms. The highest BCUT2D eigenvalue weighted by Crippen LogP contribution is 2.34. The van der Waals surface area contributed by atoms with E-state index in [1.54, 1.807) is 19.1 Å². The Bertz CT molecular complexity index is 302. The molecule has 0 aromatic heterocycles. The third-order valence-corrected chi connectivity index (χ3v) is 1.96. The normalized spacial score (nSPS) is 11.0. The van der Waals surface area contributed by atoms with Gasteiger partial charge in [-0.25, -0.2) is 0 Å². The fraction of sp³-hybridized carbons (Fsp3) is 0.400. The van der Waals surface area contributed by atoms with Crippen molar-refractivity contribution in [1.29, 1.82) is 0 Å². The molecule has 0 atom stereocenters. The van der Waals surface area contributed by atoms with E-state index in [0.29, 0.717) is 11.1 Å². The van der Waals surface area contributed by atoms with Crippen LogP contribution in [0.3, 0.4) is 0 Å². The first-order valence-electron chi connectivity index (χ1n) is 3.97. The van der Waals surface area contributed by atoms with Crippen LogP contribution >= 0.6 is 0 Å². The van der Waals surface area contributed by atoms with Crippen molar-refractivity contribution < 1.29 is 17.9 Å². The lowest BCUT2D eigenvalue weighted by Crippen LogP contribution is -2.10. The van der Waals surface area contributed by atoms with Gasteiger partial charge in [0.1, 0.15) is 0 Å². The van der Waals surface area contributed by atoms with Gasteiger partial charge >= 0.3 is 6.18 Å². The molecule has 0 heterocycles. The molecule has 0 nitrogen and oxygen atoms in total. The van der Waals surface area contributed by atoms with Crippen molar-refractivity contribution in [3.05, 3.63) is 34.4 Å². The summed E-state index contributed by atoms with van der Waals surface area (Å²) >= 11 is 0. The van der Waals surface area contributed by atoms with Crippen LogP contribution < -0.4 is 0 Å². The number of alkyl halides is 3. The second kappa shape index (κ2) is 3.98. The van der Waals surface area contributed by atoms with Gasteiger partial charge < -0.3 is 0 Å². The molecular formula is C10H12F4. The molecule has 0 saturated carbocycles. The molecule has 0 spiro atoms. The molecule has 14 heavy (non-hydrogen) atoms. The first kappa shape index (κ1) is 12.9. The van der Waals surface area contributed by atoms with Gasteiger partial charge in [0.2, 0.25) is 0 Å². The molecule has 0 bridgehead atoms. The summed E-state index contributed by atoms with van der Waals surface area (Å²) < 4.78 is 37.3. The highest BCUT2D eigenvalue weighted by Gasteiger charge is 2.33. The molecule has 0 saturated heterocycles. The molecule has 0 fully saturated rings. The third-order valence-electron chi connectivity index (χ3n) is 1.96. The molecule has 1 rings (SSSR count). The Morgan fingerprint density at radius 1 is 0.929 bits per heavy atom. The Morgan fingerprint density at radius 3 is 1.57 bits per heavy atom. The topological polar surface area (TPSA) is 0 Å². The fourth-order valence-electron chi connectivity index (χ4n) is 1.63. The lowest BCUT2D eigenvalue weighted by Gasteiger charge is -2.13. The van der Waals surface area contributed by atoms with Crippen LogP contribution in [0.25, 0.3) is 0 Å². The van der Waals surface area contributed by atoms with Crippen LogP contribution in [0, 0.1) is 20.8 Å². The van der Waals surface area contributed by atoms with Crippen LogP contribution in [0.1, 0.15) is 22.3 Å².